The van der Waals surface area contributed by atoms with Crippen LogP contribution in [0.15, 0.2) is 107 Å². The van der Waals surface area contributed by atoms with Gasteiger partial charge < -0.3 is 41.4 Å². The van der Waals surface area contributed by atoms with Gasteiger partial charge >= 0.3 is 27.6 Å². The van der Waals surface area contributed by atoms with Crippen LogP contribution in [0.2, 0.25) is 5.02 Å². The second-order valence-corrected chi connectivity index (χ2v) is 13.2. The van der Waals surface area contributed by atoms with Crippen molar-refractivity contribution >= 4 is 21.7 Å². The summed E-state index contributed by atoms with van der Waals surface area (Å²) in [5.41, 5.74) is -3.39. The third-order valence-corrected chi connectivity index (χ3v) is 8.78. The molecule has 7 aromatic rings. The number of ether oxygens (including phenoxy) is 6. The third-order valence-electron chi connectivity index (χ3n) is 7.57. The molecule has 0 saturated carbocycles. The number of benzene rings is 3. The van der Waals surface area contributed by atoms with Gasteiger partial charge in [0.25, 0.3) is 0 Å². The zero-order valence-electron chi connectivity index (χ0n) is 30.8. The normalized spacial score (nSPS) is 11.2. The highest BCUT2D eigenvalue weighted by atomic mass is 35.5. The van der Waals surface area contributed by atoms with Crippen molar-refractivity contribution in [2.45, 2.75) is 5.51 Å². The molecule has 0 aliphatic heterocycles. The quantitative estimate of drug-likeness (QED) is 0.0789. The second-order valence-electron chi connectivity index (χ2n) is 11.2. The topological polar surface area (TPSA) is 202 Å². The molecule has 0 amide bonds. The summed E-state index contributed by atoms with van der Waals surface area (Å²) in [5.74, 6) is 0.796. The molecule has 0 unspecified atom stereocenters. The Kier molecular flexibility index (Phi) is 12.7. The molecule has 17 nitrogen and oxygen atoms in total. The first-order valence-corrected chi connectivity index (χ1v) is 18.2. The molecular formula is C37H28ClF3N6O11S. The minimum Gasteiger partial charge on any atom is -0.481 e. The molecule has 0 atom stereocenters. The summed E-state index contributed by atoms with van der Waals surface area (Å²) >= 11 is 6.04. The number of nitrogens with zero attached hydrogens (tertiary/aromatic N) is 6. The lowest BCUT2D eigenvalue weighted by Gasteiger charge is -2.15. The lowest BCUT2D eigenvalue weighted by molar-refractivity contribution is -0.0500. The van der Waals surface area contributed by atoms with Gasteiger partial charge in [0.1, 0.15) is 17.1 Å². The van der Waals surface area contributed by atoms with Crippen LogP contribution >= 0.6 is 11.6 Å². The Labute approximate surface area is 337 Å². The Hall–Kier alpha value is -7.13. The van der Waals surface area contributed by atoms with Crippen molar-refractivity contribution in [1.29, 1.82) is 0 Å². The molecule has 0 radical (unpaired) electrons. The zero-order valence-corrected chi connectivity index (χ0v) is 32.4. The zero-order chi connectivity index (χ0) is 42.2. The number of halogens is 4. The van der Waals surface area contributed by atoms with Crippen LogP contribution in [0, 0.1) is 0 Å². The van der Waals surface area contributed by atoms with E-state index in [2.05, 4.69) is 34.1 Å². The van der Waals surface area contributed by atoms with E-state index in [9.17, 15) is 21.6 Å². The van der Waals surface area contributed by atoms with Crippen LogP contribution in [0.25, 0.3) is 33.8 Å². The van der Waals surface area contributed by atoms with Gasteiger partial charge in [0, 0.05) is 5.02 Å². The minimum absolute atomic E-state index is 0.0742. The third kappa shape index (κ3) is 9.88. The van der Waals surface area contributed by atoms with Crippen LogP contribution in [-0.2, 0) is 10.1 Å². The van der Waals surface area contributed by atoms with Gasteiger partial charge in [0.05, 0.1) is 58.5 Å². The molecule has 0 bridgehead atoms. The largest absolute Gasteiger partial charge is 0.534 e. The number of aromatic nitrogens is 6. The molecule has 59 heavy (non-hydrogen) atoms. The van der Waals surface area contributed by atoms with Crippen LogP contribution in [0.5, 0.6) is 52.8 Å². The van der Waals surface area contributed by atoms with Gasteiger partial charge in [-0.05, 0) is 41.5 Å². The Morgan fingerprint density at radius 2 is 1.05 bits per heavy atom. The SMILES string of the molecule is COc1cc(OC)nc(Oc2cccc(-c3ccc(Cl)cc3)c2-c2cnco2)n1.COc1cc(OC)nc(Oc2cccc(OS(=O)(=O)C(F)(F)F)c2-c2cnco2)n1. The van der Waals surface area contributed by atoms with Crippen LogP contribution in [0.1, 0.15) is 0 Å². The highest BCUT2D eigenvalue weighted by Crippen LogP contribution is 2.43. The number of alkyl halides is 3. The van der Waals surface area contributed by atoms with Crippen LogP contribution in [0.3, 0.4) is 0 Å². The van der Waals surface area contributed by atoms with Crippen molar-refractivity contribution in [3.8, 4) is 86.6 Å². The molecule has 4 aromatic heterocycles. The Morgan fingerprint density at radius 1 is 0.610 bits per heavy atom. The Bertz CT molecular complexity index is 2570. The maximum Gasteiger partial charge on any atom is 0.534 e. The van der Waals surface area contributed by atoms with Gasteiger partial charge in [0.15, 0.2) is 30.1 Å². The molecule has 306 valence electrons. The number of rotatable bonds is 13. The van der Waals surface area contributed by atoms with E-state index >= 15 is 0 Å². The van der Waals surface area contributed by atoms with Crippen molar-refractivity contribution in [3.63, 3.8) is 0 Å². The van der Waals surface area contributed by atoms with Gasteiger partial charge in [-0.1, -0.05) is 41.9 Å². The van der Waals surface area contributed by atoms with Gasteiger partial charge in [-0.2, -0.15) is 41.5 Å². The maximum atomic E-state index is 12.8. The predicted octanol–water partition coefficient (Wildman–Crippen LogP) is 8.43. The summed E-state index contributed by atoms with van der Waals surface area (Å²) in [6, 6.07) is 19.3. The highest BCUT2D eigenvalue weighted by Gasteiger charge is 2.49. The fourth-order valence-electron chi connectivity index (χ4n) is 4.97. The summed E-state index contributed by atoms with van der Waals surface area (Å²) < 4.78 is 108. The van der Waals surface area contributed by atoms with Crippen molar-refractivity contribution in [1.82, 2.24) is 29.9 Å². The van der Waals surface area contributed by atoms with Crippen molar-refractivity contribution in [3.05, 3.63) is 103 Å². The first-order chi connectivity index (χ1) is 28.3. The molecule has 3 aromatic carbocycles. The molecule has 0 aliphatic rings. The highest BCUT2D eigenvalue weighted by molar-refractivity contribution is 7.88. The van der Waals surface area contributed by atoms with Gasteiger partial charge in [-0.15, -0.1) is 0 Å². The van der Waals surface area contributed by atoms with Crippen LogP contribution < -0.4 is 32.6 Å². The summed E-state index contributed by atoms with van der Waals surface area (Å²) in [4.78, 5) is 24.0. The predicted molar refractivity (Wildman–Crippen MR) is 200 cm³/mol. The number of oxazole rings is 2. The first-order valence-electron chi connectivity index (χ1n) is 16.4. The van der Waals surface area contributed by atoms with Crippen LogP contribution in [0.4, 0.5) is 13.2 Å². The van der Waals surface area contributed by atoms with Crippen molar-refractivity contribution < 1.29 is 63.0 Å². The Balaban J connectivity index is 0.000000198. The molecular weight excluding hydrogens is 829 g/mol. The summed E-state index contributed by atoms with van der Waals surface area (Å²) in [7, 11) is -0.280. The van der Waals surface area contributed by atoms with Gasteiger partial charge in [-0.3, -0.25) is 0 Å². The van der Waals surface area contributed by atoms with E-state index in [-0.39, 0.29) is 40.9 Å². The summed E-state index contributed by atoms with van der Waals surface area (Å²) in [6.45, 7) is 0. The van der Waals surface area contributed by atoms with Crippen molar-refractivity contribution in [2.75, 3.05) is 28.4 Å². The molecule has 0 N–H and O–H groups in total. The summed E-state index contributed by atoms with van der Waals surface area (Å²) in [5, 5.41) is 0.652. The van der Waals surface area contributed by atoms with E-state index in [0.717, 1.165) is 29.8 Å². The molecule has 0 fully saturated rings. The number of methoxy groups -OCH3 is 4. The fourth-order valence-corrected chi connectivity index (χ4v) is 5.56. The van der Waals surface area contributed by atoms with E-state index in [0.29, 0.717) is 33.9 Å². The van der Waals surface area contributed by atoms with Gasteiger partial charge in [-0.25, -0.2) is 9.97 Å². The van der Waals surface area contributed by atoms with Crippen molar-refractivity contribution in [2.24, 2.45) is 0 Å². The van der Waals surface area contributed by atoms with E-state index in [1.54, 1.807) is 18.3 Å². The average molecular weight is 857 g/mol. The average Bonchev–Trinajstić information content (AvgIpc) is 3.97. The van der Waals surface area contributed by atoms with E-state index < -0.39 is 21.4 Å². The number of hydrogen-bond donors (Lipinski definition) is 0. The lowest BCUT2D eigenvalue weighted by atomic mass is 9.97. The smallest absolute Gasteiger partial charge is 0.481 e. The number of hydrogen-bond acceptors (Lipinski definition) is 17. The monoisotopic (exact) mass is 856 g/mol. The van der Waals surface area contributed by atoms with E-state index in [1.807, 2.05) is 36.4 Å². The first kappa shape index (κ1) is 41.5. The minimum atomic E-state index is -5.96. The molecule has 0 spiro atoms. The van der Waals surface area contributed by atoms with Gasteiger partial charge in [0.2, 0.25) is 23.5 Å². The molecule has 4 heterocycles. The molecule has 0 aliphatic carbocycles. The standard InChI is InChI=1S/C21H16ClN3O4.C16H12F3N3O7S/c1-26-18-10-19(27-2)25-21(24-18)29-16-5-3-4-15(13-6-8-14(22)9-7-13)20(16)17-11-23-12-28-17;1-25-12-6-13(26-2)22-15(21-12)28-9-4-3-5-10(14(9)11-7-20-8-27-11)29-30(23,24)16(17,18)19/h3-12H,1-2H3;3-8H,1-2H3. The van der Waals surface area contributed by atoms with Crippen LogP contribution in [-0.4, -0.2) is 72.3 Å². The Morgan fingerprint density at radius 3 is 1.49 bits per heavy atom. The molecule has 7 rings (SSSR count). The molecule has 22 heteroatoms. The second kappa shape index (κ2) is 18.0. The van der Waals surface area contributed by atoms with E-state index in [1.165, 1.54) is 53.0 Å². The lowest BCUT2D eigenvalue weighted by Crippen LogP contribution is -2.28. The molecule has 0 saturated heterocycles. The van der Waals surface area contributed by atoms with E-state index in [4.69, 9.17) is 48.9 Å². The fraction of sp³-hybridized carbons (Fsp3) is 0.135. The summed E-state index contributed by atoms with van der Waals surface area (Å²) in [6.07, 6.45) is 5.10. The maximum absolute atomic E-state index is 12.8.